The lowest BCUT2D eigenvalue weighted by Crippen LogP contribution is -2.42. The zero-order valence-electron chi connectivity index (χ0n) is 11.0. The van der Waals surface area contributed by atoms with Crippen molar-refractivity contribution in [2.24, 2.45) is 11.8 Å². The SMILES string of the molecule is O=C(NCC1CCCOC1)NCC1CCCSC1. The van der Waals surface area contributed by atoms with E-state index >= 15 is 0 Å². The van der Waals surface area contributed by atoms with Crippen molar-refractivity contribution in [2.45, 2.75) is 25.7 Å². The van der Waals surface area contributed by atoms with E-state index in [0.717, 1.165) is 32.7 Å². The van der Waals surface area contributed by atoms with Gasteiger partial charge in [-0.05, 0) is 49.0 Å². The molecule has 2 atom stereocenters. The normalized spacial score (nSPS) is 28.7. The highest BCUT2D eigenvalue weighted by atomic mass is 32.2. The second kappa shape index (κ2) is 7.89. The van der Waals surface area contributed by atoms with Gasteiger partial charge in [0, 0.05) is 19.7 Å². The molecule has 104 valence electrons. The minimum atomic E-state index is -0.0175. The van der Waals surface area contributed by atoms with Crippen molar-refractivity contribution in [2.75, 3.05) is 37.8 Å². The molecule has 0 aromatic carbocycles. The van der Waals surface area contributed by atoms with Crippen LogP contribution in [0.15, 0.2) is 0 Å². The summed E-state index contributed by atoms with van der Waals surface area (Å²) in [4.78, 5) is 11.7. The predicted molar refractivity (Wildman–Crippen MR) is 75.0 cm³/mol. The number of ether oxygens (including phenoxy) is 1. The van der Waals surface area contributed by atoms with E-state index in [9.17, 15) is 4.79 Å². The fourth-order valence-corrected chi connectivity index (χ4v) is 3.63. The zero-order chi connectivity index (χ0) is 12.6. The molecule has 2 unspecified atom stereocenters. The average molecular weight is 272 g/mol. The molecule has 2 heterocycles. The van der Waals surface area contributed by atoms with Gasteiger partial charge in [-0.1, -0.05) is 0 Å². The number of rotatable bonds is 4. The van der Waals surface area contributed by atoms with E-state index in [0.29, 0.717) is 11.8 Å². The van der Waals surface area contributed by atoms with Crippen molar-refractivity contribution in [3.05, 3.63) is 0 Å². The summed E-state index contributed by atoms with van der Waals surface area (Å²) in [5, 5.41) is 5.94. The van der Waals surface area contributed by atoms with Crippen molar-refractivity contribution in [3.63, 3.8) is 0 Å². The molecule has 0 spiro atoms. The number of amides is 2. The lowest BCUT2D eigenvalue weighted by Gasteiger charge is -2.23. The molecule has 4 nitrogen and oxygen atoms in total. The maximum Gasteiger partial charge on any atom is 0.314 e. The lowest BCUT2D eigenvalue weighted by molar-refractivity contribution is 0.0557. The van der Waals surface area contributed by atoms with Crippen LogP contribution in [0.4, 0.5) is 4.79 Å². The maximum absolute atomic E-state index is 11.7. The number of nitrogens with one attached hydrogen (secondary N) is 2. The summed E-state index contributed by atoms with van der Waals surface area (Å²) >= 11 is 2.00. The van der Waals surface area contributed by atoms with Gasteiger partial charge in [-0.15, -0.1) is 0 Å². The molecule has 18 heavy (non-hydrogen) atoms. The highest BCUT2D eigenvalue weighted by Crippen LogP contribution is 2.21. The molecule has 2 aliphatic heterocycles. The Bertz CT molecular complexity index is 227. The highest BCUT2D eigenvalue weighted by Gasteiger charge is 2.16. The highest BCUT2D eigenvalue weighted by molar-refractivity contribution is 7.99. The fourth-order valence-electron chi connectivity index (χ4n) is 2.47. The van der Waals surface area contributed by atoms with E-state index < -0.39 is 0 Å². The molecular formula is C13H24N2O2S. The Morgan fingerprint density at radius 2 is 1.94 bits per heavy atom. The van der Waals surface area contributed by atoms with Crippen LogP contribution in [0.5, 0.6) is 0 Å². The monoisotopic (exact) mass is 272 g/mol. The summed E-state index contributed by atoms with van der Waals surface area (Å²) in [6, 6.07) is -0.0175. The first kappa shape index (κ1) is 14.0. The van der Waals surface area contributed by atoms with Gasteiger partial charge in [0.15, 0.2) is 0 Å². The summed E-state index contributed by atoms with van der Waals surface area (Å²) in [5.74, 6) is 3.63. The molecular weight excluding hydrogens is 248 g/mol. The van der Waals surface area contributed by atoms with Crippen molar-refractivity contribution in [3.8, 4) is 0 Å². The molecule has 0 saturated carbocycles. The van der Waals surface area contributed by atoms with Gasteiger partial charge in [0.25, 0.3) is 0 Å². The lowest BCUT2D eigenvalue weighted by atomic mass is 10.0. The van der Waals surface area contributed by atoms with Crippen LogP contribution < -0.4 is 10.6 Å². The molecule has 0 aromatic rings. The van der Waals surface area contributed by atoms with Crippen molar-refractivity contribution in [1.82, 2.24) is 10.6 Å². The fraction of sp³-hybridized carbons (Fsp3) is 0.923. The molecule has 2 rings (SSSR count). The van der Waals surface area contributed by atoms with E-state index in [1.165, 1.54) is 30.8 Å². The number of thioether (sulfide) groups is 1. The van der Waals surface area contributed by atoms with Crippen LogP contribution in [0.1, 0.15) is 25.7 Å². The Morgan fingerprint density at radius 1 is 1.17 bits per heavy atom. The molecule has 0 bridgehead atoms. The van der Waals surface area contributed by atoms with Crippen LogP contribution >= 0.6 is 11.8 Å². The maximum atomic E-state index is 11.7. The van der Waals surface area contributed by atoms with E-state index in [-0.39, 0.29) is 6.03 Å². The van der Waals surface area contributed by atoms with Crippen molar-refractivity contribution >= 4 is 17.8 Å². The predicted octanol–water partition coefficient (Wildman–Crippen LogP) is 1.86. The molecule has 0 radical (unpaired) electrons. The minimum absolute atomic E-state index is 0.0175. The largest absolute Gasteiger partial charge is 0.381 e. The topological polar surface area (TPSA) is 50.4 Å². The smallest absolute Gasteiger partial charge is 0.314 e. The Hall–Kier alpha value is -0.420. The summed E-state index contributed by atoms with van der Waals surface area (Å²) in [6.07, 6.45) is 4.83. The van der Waals surface area contributed by atoms with Crippen LogP contribution in [-0.2, 0) is 4.74 Å². The summed E-state index contributed by atoms with van der Waals surface area (Å²) in [5.41, 5.74) is 0. The number of hydrogen-bond acceptors (Lipinski definition) is 3. The van der Waals surface area contributed by atoms with Gasteiger partial charge >= 0.3 is 6.03 Å². The number of carbonyl (C=O) groups excluding carboxylic acids is 1. The van der Waals surface area contributed by atoms with Crippen LogP contribution in [0.25, 0.3) is 0 Å². The minimum Gasteiger partial charge on any atom is -0.381 e. The number of hydrogen-bond donors (Lipinski definition) is 2. The second-order valence-electron chi connectivity index (χ2n) is 5.26. The van der Waals surface area contributed by atoms with Crippen molar-refractivity contribution in [1.29, 1.82) is 0 Å². The third kappa shape index (κ3) is 5.06. The van der Waals surface area contributed by atoms with Gasteiger partial charge in [0.2, 0.25) is 0 Å². The second-order valence-corrected chi connectivity index (χ2v) is 6.41. The van der Waals surface area contributed by atoms with Gasteiger partial charge in [-0.2, -0.15) is 11.8 Å². The van der Waals surface area contributed by atoms with E-state index in [2.05, 4.69) is 10.6 Å². The zero-order valence-corrected chi connectivity index (χ0v) is 11.8. The number of urea groups is 1. The standard InChI is InChI=1S/C13H24N2O2S/c16-13(14-7-11-3-1-5-17-9-11)15-8-12-4-2-6-18-10-12/h11-12H,1-10H2,(H2,14,15,16). The van der Waals surface area contributed by atoms with Crippen LogP contribution in [0, 0.1) is 11.8 Å². The van der Waals surface area contributed by atoms with E-state index in [4.69, 9.17) is 4.74 Å². The first-order valence-corrected chi connectivity index (χ1v) is 8.17. The van der Waals surface area contributed by atoms with Crippen LogP contribution in [0.3, 0.4) is 0 Å². The van der Waals surface area contributed by atoms with Crippen LogP contribution in [-0.4, -0.2) is 43.8 Å². The van der Waals surface area contributed by atoms with Crippen LogP contribution in [0.2, 0.25) is 0 Å². The Morgan fingerprint density at radius 3 is 2.61 bits per heavy atom. The molecule has 2 fully saturated rings. The summed E-state index contributed by atoms with van der Waals surface area (Å²) in [7, 11) is 0. The molecule has 2 amide bonds. The quantitative estimate of drug-likeness (QED) is 0.821. The molecule has 0 aromatic heterocycles. The Balaban J connectivity index is 1.54. The van der Waals surface area contributed by atoms with Gasteiger partial charge < -0.3 is 15.4 Å². The third-order valence-electron chi connectivity index (χ3n) is 3.61. The molecule has 2 N–H and O–H groups in total. The first-order valence-electron chi connectivity index (χ1n) is 7.02. The number of carbonyl (C=O) groups is 1. The summed E-state index contributed by atoms with van der Waals surface area (Å²) < 4.78 is 5.40. The van der Waals surface area contributed by atoms with Gasteiger partial charge in [-0.25, -0.2) is 4.79 Å². The van der Waals surface area contributed by atoms with E-state index in [1.807, 2.05) is 11.8 Å². The van der Waals surface area contributed by atoms with Gasteiger partial charge in [0.05, 0.1) is 6.61 Å². The Labute approximate surface area is 114 Å². The molecule has 0 aliphatic carbocycles. The van der Waals surface area contributed by atoms with Crippen molar-refractivity contribution < 1.29 is 9.53 Å². The van der Waals surface area contributed by atoms with Gasteiger partial charge in [0.1, 0.15) is 0 Å². The molecule has 5 heteroatoms. The third-order valence-corrected chi connectivity index (χ3v) is 4.90. The van der Waals surface area contributed by atoms with E-state index in [1.54, 1.807) is 0 Å². The average Bonchev–Trinajstić information content (AvgIpc) is 2.45. The summed E-state index contributed by atoms with van der Waals surface area (Å²) in [6.45, 7) is 3.23. The molecule has 2 saturated heterocycles. The van der Waals surface area contributed by atoms with Gasteiger partial charge in [-0.3, -0.25) is 0 Å². The molecule has 2 aliphatic rings. The Kier molecular flexibility index (Phi) is 6.14. The first-order chi connectivity index (χ1) is 8.84.